The maximum absolute atomic E-state index is 12.8. The number of nitrogens with zero attached hydrogens (tertiary/aromatic N) is 4. The van der Waals surface area contributed by atoms with Crippen molar-refractivity contribution in [2.45, 2.75) is 20.8 Å². The number of anilines is 2. The van der Waals surface area contributed by atoms with Crippen LogP contribution in [0.5, 0.6) is 0 Å². The molecule has 0 aliphatic rings. The first kappa shape index (κ1) is 22.0. The zero-order valence-electron chi connectivity index (χ0n) is 16.7. The lowest BCUT2D eigenvalue weighted by Crippen LogP contribution is -2.30. The Hall–Kier alpha value is -4.28. The number of amides is 1. The van der Waals surface area contributed by atoms with Gasteiger partial charge < -0.3 is 16.8 Å². The van der Waals surface area contributed by atoms with E-state index >= 15 is 0 Å². The van der Waals surface area contributed by atoms with Crippen LogP contribution in [0.15, 0.2) is 57.8 Å². The van der Waals surface area contributed by atoms with Crippen LogP contribution >= 0.6 is 0 Å². The summed E-state index contributed by atoms with van der Waals surface area (Å²) in [6.07, 6.45) is 0. The van der Waals surface area contributed by atoms with Crippen molar-refractivity contribution in [1.82, 2.24) is 0 Å². The van der Waals surface area contributed by atoms with Crippen molar-refractivity contribution >= 4 is 40.4 Å². The fourth-order valence-electron chi connectivity index (χ4n) is 2.37. The average Bonchev–Trinajstić information content (AvgIpc) is 2.69. The summed E-state index contributed by atoms with van der Waals surface area (Å²) in [5.41, 5.74) is 15.1. The highest BCUT2D eigenvalue weighted by Crippen LogP contribution is 2.25. The Morgan fingerprint density at radius 2 is 1.77 bits per heavy atom. The van der Waals surface area contributed by atoms with E-state index in [1.807, 2.05) is 19.1 Å². The van der Waals surface area contributed by atoms with Crippen LogP contribution in [-0.4, -0.2) is 28.2 Å². The molecule has 0 spiro atoms. The molecule has 1 amide bonds. The molecule has 0 heterocycles. The highest BCUT2D eigenvalue weighted by molar-refractivity contribution is 6.68. The van der Waals surface area contributed by atoms with Gasteiger partial charge in [-0.1, -0.05) is 24.3 Å². The number of aryl methyl sites for hydroxylation is 2. The third kappa shape index (κ3) is 5.86. The summed E-state index contributed by atoms with van der Waals surface area (Å²) in [5.74, 6) is -0.895. The molecule has 0 radical (unpaired) electrons. The first-order valence-electron chi connectivity index (χ1n) is 8.78. The second-order valence-electron chi connectivity index (χ2n) is 6.33. The maximum atomic E-state index is 12.8. The molecule has 0 atom stereocenters. The molecule has 0 saturated carbocycles. The minimum atomic E-state index is -0.599. The van der Waals surface area contributed by atoms with Gasteiger partial charge in [-0.2, -0.15) is 5.10 Å². The Morgan fingerprint density at radius 1 is 1.07 bits per heavy atom. The van der Waals surface area contributed by atoms with Crippen molar-refractivity contribution in [3.05, 3.63) is 63.7 Å². The molecular weight excluding hydrogens is 388 g/mol. The lowest BCUT2D eigenvalue weighted by atomic mass is 10.2. The van der Waals surface area contributed by atoms with Crippen molar-refractivity contribution < 1.29 is 9.72 Å². The Balaban J connectivity index is 2.42. The van der Waals surface area contributed by atoms with E-state index in [0.29, 0.717) is 11.3 Å². The number of hydrogen-bond acceptors (Lipinski definition) is 7. The first-order chi connectivity index (χ1) is 14.2. The fourth-order valence-corrected chi connectivity index (χ4v) is 2.37. The number of benzene rings is 2. The number of carbonyl (C=O) groups excluding carboxylic acids is 1. The lowest BCUT2D eigenvalue weighted by molar-refractivity contribution is -0.384. The van der Waals surface area contributed by atoms with Crippen LogP contribution in [0.1, 0.15) is 18.1 Å². The van der Waals surface area contributed by atoms with Crippen molar-refractivity contribution in [1.29, 1.82) is 0 Å². The van der Waals surface area contributed by atoms with Crippen LogP contribution in [-0.2, 0) is 4.79 Å². The summed E-state index contributed by atoms with van der Waals surface area (Å²) in [5, 5.41) is 25.4. The van der Waals surface area contributed by atoms with Gasteiger partial charge in [0.1, 0.15) is 5.69 Å². The summed E-state index contributed by atoms with van der Waals surface area (Å²) in [7, 11) is 0. The molecule has 0 aromatic heterocycles. The Morgan fingerprint density at radius 3 is 2.40 bits per heavy atom. The highest BCUT2D eigenvalue weighted by Gasteiger charge is 2.19. The second-order valence-corrected chi connectivity index (χ2v) is 6.33. The van der Waals surface area contributed by atoms with Gasteiger partial charge >= 0.3 is 0 Å². The van der Waals surface area contributed by atoms with E-state index in [1.165, 1.54) is 19.1 Å². The van der Waals surface area contributed by atoms with Crippen molar-refractivity contribution in [2.24, 2.45) is 26.8 Å². The number of nitrogens with one attached hydrogen (secondary N) is 2. The number of rotatable bonds is 7. The summed E-state index contributed by atoms with van der Waals surface area (Å²) >= 11 is 0. The van der Waals surface area contributed by atoms with Gasteiger partial charge in [-0.15, -0.1) is 10.2 Å². The van der Waals surface area contributed by atoms with Crippen LogP contribution in [0.25, 0.3) is 0 Å². The van der Waals surface area contributed by atoms with Crippen LogP contribution < -0.4 is 22.2 Å². The number of hydrogen-bond donors (Lipinski definition) is 4. The Labute approximate surface area is 172 Å². The molecule has 156 valence electrons. The molecule has 11 nitrogen and oxygen atoms in total. The summed E-state index contributed by atoms with van der Waals surface area (Å²) < 4.78 is 0. The van der Waals surface area contributed by atoms with Crippen LogP contribution in [0.4, 0.5) is 17.1 Å². The predicted molar refractivity (Wildman–Crippen MR) is 118 cm³/mol. The van der Waals surface area contributed by atoms with E-state index in [4.69, 9.17) is 11.5 Å². The molecular formula is C19H22N8O3. The van der Waals surface area contributed by atoms with Crippen LogP contribution in [0, 0.1) is 24.0 Å². The van der Waals surface area contributed by atoms with Gasteiger partial charge in [0.05, 0.1) is 10.6 Å². The fraction of sp³-hybridized carbons (Fsp3) is 0.158. The largest absolute Gasteiger partial charge is 0.369 e. The van der Waals surface area contributed by atoms with E-state index in [-0.39, 0.29) is 28.8 Å². The third-order valence-corrected chi connectivity index (χ3v) is 3.90. The van der Waals surface area contributed by atoms with E-state index in [9.17, 15) is 14.9 Å². The monoisotopic (exact) mass is 410 g/mol. The number of para-hydroxylation sites is 1. The summed E-state index contributed by atoms with van der Waals surface area (Å²) in [4.78, 5) is 23.6. The van der Waals surface area contributed by atoms with Gasteiger partial charge in [0, 0.05) is 11.8 Å². The van der Waals surface area contributed by atoms with E-state index in [0.717, 1.165) is 5.56 Å². The van der Waals surface area contributed by atoms with Gasteiger partial charge in [0.2, 0.25) is 5.96 Å². The van der Waals surface area contributed by atoms with E-state index in [1.54, 1.807) is 25.1 Å². The normalized spacial score (nSPS) is 11.6. The smallest absolute Gasteiger partial charge is 0.294 e. The predicted octanol–water partition coefficient (Wildman–Crippen LogP) is 2.27. The highest BCUT2D eigenvalue weighted by atomic mass is 16.6. The standard InChI is InChI=1S/C19H22N8O3/c1-11-8-9-15(16(10-11)27(29)30)24-25-17(13(3)23-26-19(20)21)18(28)22-14-7-5-4-6-12(14)2/h4-10,24H,1-3H3,(H,22,28)(H4,20,21,26)/b23-13+,25-17-. The molecule has 2 rings (SSSR count). The second kappa shape index (κ2) is 9.78. The van der Waals surface area contributed by atoms with Crippen LogP contribution in [0.2, 0.25) is 0 Å². The number of carbonyl (C=O) groups is 1. The minimum absolute atomic E-state index is 0.0942. The third-order valence-electron chi connectivity index (χ3n) is 3.90. The molecule has 6 N–H and O–H groups in total. The molecule has 30 heavy (non-hydrogen) atoms. The summed E-state index contributed by atoms with van der Waals surface area (Å²) in [6.45, 7) is 5.04. The van der Waals surface area contributed by atoms with E-state index in [2.05, 4.69) is 26.0 Å². The number of nitrogens with two attached hydrogens (primary N) is 2. The van der Waals surface area contributed by atoms with Gasteiger partial charge in [-0.05, 0) is 44.0 Å². The van der Waals surface area contributed by atoms with Gasteiger partial charge in [0.15, 0.2) is 5.71 Å². The lowest BCUT2D eigenvalue weighted by Gasteiger charge is -2.10. The zero-order valence-corrected chi connectivity index (χ0v) is 16.7. The van der Waals surface area contributed by atoms with Gasteiger partial charge in [0.25, 0.3) is 11.6 Å². The molecule has 11 heteroatoms. The summed E-state index contributed by atoms with van der Waals surface area (Å²) in [6, 6.07) is 11.7. The quantitative estimate of drug-likeness (QED) is 0.236. The minimum Gasteiger partial charge on any atom is -0.369 e. The SMILES string of the molecule is CC(=N\N=C(N)N)/C(=N/Nc1ccc(C)cc1[N+](=O)[O-])C(=O)Nc1ccccc1C. The number of hydrazone groups is 1. The van der Waals surface area contributed by atoms with E-state index < -0.39 is 10.8 Å². The zero-order chi connectivity index (χ0) is 22.3. The molecule has 0 aliphatic carbocycles. The molecule has 2 aromatic carbocycles. The van der Waals surface area contributed by atoms with Crippen molar-refractivity contribution in [3.63, 3.8) is 0 Å². The number of nitro groups is 1. The first-order valence-corrected chi connectivity index (χ1v) is 8.78. The molecule has 0 unspecified atom stereocenters. The van der Waals surface area contributed by atoms with Crippen LogP contribution in [0.3, 0.4) is 0 Å². The Bertz CT molecular complexity index is 1060. The Kier molecular flexibility index (Phi) is 7.17. The maximum Gasteiger partial charge on any atom is 0.294 e. The molecule has 0 fully saturated rings. The molecule has 2 aromatic rings. The topological polar surface area (TPSA) is 173 Å². The van der Waals surface area contributed by atoms with Gasteiger partial charge in [-0.25, -0.2) is 0 Å². The molecule has 0 bridgehead atoms. The number of guanidine groups is 1. The van der Waals surface area contributed by atoms with Crippen molar-refractivity contribution in [2.75, 3.05) is 10.7 Å². The number of nitro benzene ring substituents is 1. The average molecular weight is 410 g/mol. The molecule has 0 aliphatic heterocycles. The molecule has 0 saturated heterocycles. The van der Waals surface area contributed by atoms with Gasteiger partial charge in [-0.3, -0.25) is 20.3 Å². The van der Waals surface area contributed by atoms with Crippen molar-refractivity contribution in [3.8, 4) is 0 Å².